The van der Waals surface area contributed by atoms with E-state index in [1.807, 2.05) is 0 Å². The first kappa shape index (κ1) is 14.9. The Bertz CT molecular complexity index is 394. The lowest BCUT2D eigenvalue weighted by molar-refractivity contribution is 0.255. The lowest BCUT2D eigenvalue weighted by atomic mass is 9.88. The molecule has 1 aliphatic rings. The average Bonchev–Trinajstić information content (AvgIpc) is 2.42. The van der Waals surface area contributed by atoms with Crippen molar-refractivity contribution >= 4 is 11.6 Å². The fraction of sp³-hybridized carbons (Fsp3) is 0.647. The summed E-state index contributed by atoms with van der Waals surface area (Å²) in [5.41, 5.74) is 2.86. The highest BCUT2D eigenvalue weighted by molar-refractivity contribution is 6.31. The first-order chi connectivity index (χ1) is 9.20. The maximum absolute atomic E-state index is 6.41. The van der Waals surface area contributed by atoms with Gasteiger partial charge in [-0.05, 0) is 68.9 Å². The van der Waals surface area contributed by atoms with Crippen molar-refractivity contribution < 1.29 is 0 Å². The molecule has 0 unspecified atom stereocenters. The van der Waals surface area contributed by atoms with E-state index in [4.69, 9.17) is 11.6 Å². The number of rotatable bonds is 5. The summed E-state index contributed by atoms with van der Waals surface area (Å²) in [7, 11) is 2.21. The van der Waals surface area contributed by atoms with Gasteiger partial charge in [0.15, 0.2) is 0 Å². The zero-order valence-electron chi connectivity index (χ0n) is 12.3. The van der Waals surface area contributed by atoms with Crippen LogP contribution >= 0.6 is 11.6 Å². The molecule has 0 N–H and O–H groups in total. The summed E-state index contributed by atoms with van der Waals surface area (Å²) >= 11 is 6.41. The number of aryl methyl sites for hydroxylation is 1. The van der Waals surface area contributed by atoms with Crippen molar-refractivity contribution in [3.63, 3.8) is 0 Å². The van der Waals surface area contributed by atoms with E-state index >= 15 is 0 Å². The van der Waals surface area contributed by atoms with Crippen LogP contribution in [-0.2, 0) is 6.42 Å². The van der Waals surface area contributed by atoms with Gasteiger partial charge in [0.05, 0.1) is 0 Å². The minimum atomic E-state index is 0.662. The van der Waals surface area contributed by atoms with Crippen LogP contribution in [0.1, 0.15) is 56.1 Å². The largest absolute Gasteiger partial charge is 0.306 e. The van der Waals surface area contributed by atoms with Crippen molar-refractivity contribution in [3.05, 3.63) is 34.3 Å². The van der Waals surface area contributed by atoms with Crippen LogP contribution in [0.3, 0.4) is 0 Å². The van der Waals surface area contributed by atoms with Crippen molar-refractivity contribution in [2.75, 3.05) is 20.1 Å². The number of unbranched alkanes of at least 4 members (excludes halogenated alkanes) is 2. The number of nitrogens with zero attached hydrogens (tertiary/aromatic N) is 1. The molecular formula is C17H26ClN. The molecule has 2 rings (SSSR count). The topological polar surface area (TPSA) is 3.24 Å². The Balaban J connectivity index is 2.04. The van der Waals surface area contributed by atoms with Crippen LogP contribution in [0.25, 0.3) is 0 Å². The zero-order valence-corrected chi connectivity index (χ0v) is 13.0. The fourth-order valence-electron chi connectivity index (χ4n) is 2.96. The Hall–Kier alpha value is -0.530. The summed E-state index contributed by atoms with van der Waals surface area (Å²) < 4.78 is 0. The number of likely N-dealkylation sites (tertiary alicyclic amines) is 1. The number of benzene rings is 1. The van der Waals surface area contributed by atoms with Gasteiger partial charge in [-0.15, -0.1) is 0 Å². The zero-order chi connectivity index (χ0) is 13.7. The molecule has 0 aliphatic carbocycles. The molecular weight excluding hydrogens is 254 g/mol. The molecule has 1 nitrogen and oxygen atoms in total. The predicted molar refractivity (Wildman–Crippen MR) is 84.2 cm³/mol. The SMILES string of the molecule is CCCCCc1ccc(Cl)c(C2CCN(C)CC2)c1. The van der Waals surface area contributed by atoms with Gasteiger partial charge in [-0.1, -0.05) is 43.5 Å². The predicted octanol–water partition coefficient (Wildman–Crippen LogP) is 4.88. The molecule has 2 heteroatoms. The van der Waals surface area contributed by atoms with Crippen LogP contribution in [0.5, 0.6) is 0 Å². The van der Waals surface area contributed by atoms with E-state index in [1.54, 1.807) is 0 Å². The van der Waals surface area contributed by atoms with Crippen molar-refractivity contribution in [1.82, 2.24) is 4.90 Å². The third kappa shape index (κ3) is 4.22. The molecule has 1 saturated heterocycles. The van der Waals surface area contributed by atoms with E-state index < -0.39 is 0 Å². The van der Waals surface area contributed by atoms with Gasteiger partial charge in [0.2, 0.25) is 0 Å². The first-order valence-corrected chi connectivity index (χ1v) is 8.05. The molecule has 0 atom stereocenters. The average molecular weight is 280 g/mol. The van der Waals surface area contributed by atoms with Crippen molar-refractivity contribution in [1.29, 1.82) is 0 Å². The molecule has 1 heterocycles. The minimum absolute atomic E-state index is 0.662. The lowest BCUT2D eigenvalue weighted by Crippen LogP contribution is -2.29. The summed E-state index contributed by atoms with van der Waals surface area (Å²) in [5.74, 6) is 0.662. The summed E-state index contributed by atoms with van der Waals surface area (Å²) in [5, 5.41) is 0.966. The van der Waals surface area contributed by atoms with Gasteiger partial charge in [-0.3, -0.25) is 0 Å². The molecule has 106 valence electrons. The second kappa shape index (κ2) is 7.31. The Kier molecular flexibility index (Phi) is 5.72. The van der Waals surface area contributed by atoms with Gasteiger partial charge in [-0.25, -0.2) is 0 Å². The van der Waals surface area contributed by atoms with E-state index in [2.05, 4.69) is 37.1 Å². The van der Waals surface area contributed by atoms with Gasteiger partial charge in [0.25, 0.3) is 0 Å². The quantitative estimate of drug-likeness (QED) is 0.694. The molecule has 0 spiro atoms. The van der Waals surface area contributed by atoms with Crippen molar-refractivity contribution in [2.45, 2.75) is 51.4 Å². The molecule has 0 saturated carbocycles. The first-order valence-electron chi connectivity index (χ1n) is 7.67. The monoisotopic (exact) mass is 279 g/mol. The minimum Gasteiger partial charge on any atom is -0.306 e. The number of hydrogen-bond donors (Lipinski definition) is 0. The van der Waals surface area contributed by atoms with Gasteiger partial charge < -0.3 is 4.90 Å². The third-order valence-corrected chi connectivity index (χ3v) is 4.63. The van der Waals surface area contributed by atoms with E-state index in [0.717, 1.165) is 5.02 Å². The highest BCUT2D eigenvalue weighted by Gasteiger charge is 2.20. The van der Waals surface area contributed by atoms with Crippen LogP contribution in [0, 0.1) is 0 Å². The van der Waals surface area contributed by atoms with Gasteiger partial charge in [0, 0.05) is 5.02 Å². The maximum atomic E-state index is 6.41. The molecule has 0 radical (unpaired) electrons. The molecule has 0 aromatic heterocycles. The summed E-state index contributed by atoms with van der Waals surface area (Å²) in [6.45, 7) is 4.65. The van der Waals surface area contributed by atoms with Crippen LogP contribution in [0.4, 0.5) is 0 Å². The highest BCUT2D eigenvalue weighted by Crippen LogP contribution is 2.33. The van der Waals surface area contributed by atoms with Crippen molar-refractivity contribution in [3.8, 4) is 0 Å². The molecule has 1 fully saturated rings. The Morgan fingerprint density at radius 3 is 2.63 bits per heavy atom. The maximum Gasteiger partial charge on any atom is 0.0441 e. The van der Waals surface area contributed by atoms with Crippen molar-refractivity contribution in [2.24, 2.45) is 0 Å². The number of piperidine rings is 1. The van der Waals surface area contributed by atoms with E-state index in [-0.39, 0.29) is 0 Å². The summed E-state index contributed by atoms with van der Waals surface area (Å²) in [6.07, 6.45) is 7.60. The van der Waals surface area contributed by atoms with Crippen LogP contribution in [0.2, 0.25) is 5.02 Å². The molecule has 0 bridgehead atoms. The van der Waals surface area contributed by atoms with Crippen LogP contribution < -0.4 is 0 Å². The molecule has 19 heavy (non-hydrogen) atoms. The van der Waals surface area contributed by atoms with E-state index in [0.29, 0.717) is 5.92 Å². The molecule has 1 aliphatic heterocycles. The second-order valence-electron chi connectivity index (χ2n) is 5.89. The Morgan fingerprint density at radius 2 is 1.95 bits per heavy atom. The molecule has 1 aromatic rings. The van der Waals surface area contributed by atoms with E-state index in [9.17, 15) is 0 Å². The van der Waals surface area contributed by atoms with E-state index in [1.165, 1.54) is 62.7 Å². The summed E-state index contributed by atoms with van der Waals surface area (Å²) in [4.78, 5) is 2.41. The molecule has 1 aromatic carbocycles. The Morgan fingerprint density at radius 1 is 1.21 bits per heavy atom. The van der Waals surface area contributed by atoms with Crippen LogP contribution in [-0.4, -0.2) is 25.0 Å². The second-order valence-corrected chi connectivity index (χ2v) is 6.30. The fourth-order valence-corrected chi connectivity index (χ4v) is 3.23. The normalized spacial score (nSPS) is 17.8. The Labute approximate surface area is 123 Å². The van der Waals surface area contributed by atoms with Crippen LogP contribution in [0.15, 0.2) is 18.2 Å². The summed E-state index contributed by atoms with van der Waals surface area (Å²) in [6, 6.07) is 6.68. The lowest BCUT2D eigenvalue weighted by Gasteiger charge is -2.30. The molecule has 0 amide bonds. The van der Waals surface area contributed by atoms with Gasteiger partial charge in [0.1, 0.15) is 0 Å². The standard InChI is InChI=1S/C17H26ClN/c1-3-4-5-6-14-7-8-17(18)16(13-14)15-9-11-19(2)12-10-15/h7-8,13,15H,3-6,9-12H2,1-2H3. The highest BCUT2D eigenvalue weighted by atomic mass is 35.5. The third-order valence-electron chi connectivity index (χ3n) is 4.29. The smallest absolute Gasteiger partial charge is 0.0441 e. The number of hydrogen-bond acceptors (Lipinski definition) is 1. The van der Waals surface area contributed by atoms with Gasteiger partial charge in [-0.2, -0.15) is 0 Å². The van der Waals surface area contributed by atoms with Gasteiger partial charge >= 0.3 is 0 Å². The number of halogens is 1.